The molecule has 1 aromatic carbocycles. The number of rotatable bonds is 5. The molecule has 1 aromatic rings. The van der Waals surface area contributed by atoms with E-state index in [0.29, 0.717) is 11.0 Å². The van der Waals surface area contributed by atoms with Crippen molar-refractivity contribution in [2.24, 2.45) is 0 Å². The van der Waals surface area contributed by atoms with Gasteiger partial charge in [-0.15, -0.1) is 0 Å². The summed E-state index contributed by atoms with van der Waals surface area (Å²) in [5.74, 6) is -0.295. The molecule has 0 aromatic heterocycles. The first-order valence-electron chi connectivity index (χ1n) is 6.95. The van der Waals surface area contributed by atoms with E-state index in [4.69, 9.17) is 0 Å². The Morgan fingerprint density at radius 2 is 2.14 bits per heavy atom. The quantitative estimate of drug-likeness (QED) is 0.650. The van der Waals surface area contributed by atoms with Crippen LogP contribution in [0.3, 0.4) is 0 Å². The highest BCUT2D eigenvalue weighted by atomic mass is 79.9. The fraction of sp³-hybridized carbons (Fsp3) is 0.500. The van der Waals surface area contributed by atoms with Crippen LogP contribution in [0.4, 0.5) is 5.69 Å². The van der Waals surface area contributed by atoms with Crippen LogP contribution in [0.5, 0.6) is 0 Å². The average Bonchev–Trinajstić information content (AvgIpc) is 2.98. The minimum absolute atomic E-state index is 0.0871. The van der Waals surface area contributed by atoms with Gasteiger partial charge in [-0.25, -0.2) is 0 Å². The van der Waals surface area contributed by atoms with Crippen LogP contribution in [0.2, 0.25) is 0 Å². The molecular weight excluding hydrogens is 338 g/mol. The zero-order chi connectivity index (χ0) is 15.4. The van der Waals surface area contributed by atoms with Crippen LogP contribution in [0.15, 0.2) is 22.7 Å². The van der Waals surface area contributed by atoms with E-state index in [0.717, 1.165) is 13.1 Å². The number of nitro benzene ring substituents is 1. The zero-order valence-electron chi connectivity index (χ0n) is 11.8. The van der Waals surface area contributed by atoms with Crippen molar-refractivity contribution in [3.05, 3.63) is 38.3 Å². The summed E-state index contributed by atoms with van der Waals surface area (Å²) < 4.78 is 0.555. The van der Waals surface area contributed by atoms with Gasteiger partial charge < -0.3 is 5.32 Å². The summed E-state index contributed by atoms with van der Waals surface area (Å²) in [6.45, 7) is 4.75. The maximum atomic E-state index is 12.2. The van der Waals surface area contributed by atoms with E-state index in [1.807, 2.05) is 0 Å². The van der Waals surface area contributed by atoms with Gasteiger partial charge in [0, 0.05) is 29.2 Å². The Labute approximate surface area is 131 Å². The number of non-ortho nitro benzene ring substituents is 1. The number of carbonyl (C=O) groups is 1. The highest BCUT2D eigenvalue weighted by molar-refractivity contribution is 9.10. The first-order valence-corrected chi connectivity index (χ1v) is 7.74. The normalized spacial score (nSPS) is 16.7. The number of carbonyl (C=O) groups excluding carboxylic acids is 1. The molecule has 21 heavy (non-hydrogen) atoms. The van der Waals surface area contributed by atoms with Gasteiger partial charge in [-0.2, -0.15) is 0 Å². The van der Waals surface area contributed by atoms with Crippen molar-refractivity contribution in [2.75, 3.05) is 19.6 Å². The Morgan fingerprint density at radius 3 is 2.76 bits per heavy atom. The number of nitro groups is 1. The van der Waals surface area contributed by atoms with Gasteiger partial charge >= 0.3 is 0 Å². The number of likely N-dealkylation sites (tertiary alicyclic amines) is 1. The summed E-state index contributed by atoms with van der Waals surface area (Å²) in [7, 11) is 0. The number of amides is 1. The molecule has 6 nitrogen and oxygen atoms in total. The molecule has 1 heterocycles. The highest BCUT2D eigenvalue weighted by Crippen LogP contribution is 2.22. The summed E-state index contributed by atoms with van der Waals surface area (Å²) >= 11 is 3.26. The van der Waals surface area contributed by atoms with Crippen LogP contribution < -0.4 is 5.32 Å². The molecule has 1 N–H and O–H groups in total. The molecule has 1 unspecified atom stereocenters. The van der Waals surface area contributed by atoms with Crippen molar-refractivity contribution in [1.82, 2.24) is 10.2 Å². The number of benzene rings is 1. The van der Waals surface area contributed by atoms with Crippen LogP contribution in [-0.4, -0.2) is 41.4 Å². The van der Waals surface area contributed by atoms with Crippen molar-refractivity contribution in [3.8, 4) is 0 Å². The second-order valence-corrected chi connectivity index (χ2v) is 6.08. The summed E-state index contributed by atoms with van der Waals surface area (Å²) in [5, 5.41) is 13.6. The molecule has 0 spiro atoms. The maximum Gasteiger partial charge on any atom is 0.270 e. The molecule has 1 amide bonds. The largest absolute Gasteiger partial charge is 0.350 e. The fourth-order valence-corrected chi connectivity index (χ4v) is 2.87. The van der Waals surface area contributed by atoms with Gasteiger partial charge in [0.25, 0.3) is 11.6 Å². The van der Waals surface area contributed by atoms with Crippen LogP contribution in [0, 0.1) is 10.1 Å². The van der Waals surface area contributed by atoms with Crippen LogP contribution in [0.1, 0.15) is 30.1 Å². The van der Waals surface area contributed by atoms with E-state index < -0.39 is 4.92 Å². The number of nitrogens with zero attached hydrogens (tertiary/aromatic N) is 2. The van der Waals surface area contributed by atoms with Crippen molar-refractivity contribution in [2.45, 2.75) is 25.8 Å². The molecule has 0 bridgehead atoms. The van der Waals surface area contributed by atoms with Gasteiger partial charge in [-0.05, 0) is 54.9 Å². The molecule has 1 fully saturated rings. The lowest BCUT2D eigenvalue weighted by atomic mass is 10.2. The minimum atomic E-state index is -0.504. The zero-order valence-corrected chi connectivity index (χ0v) is 13.4. The smallest absolute Gasteiger partial charge is 0.270 e. The molecule has 1 saturated heterocycles. The van der Waals surface area contributed by atoms with E-state index in [1.165, 1.54) is 31.0 Å². The van der Waals surface area contributed by atoms with Crippen LogP contribution >= 0.6 is 15.9 Å². The predicted octanol–water partition coefficient (Wildman–Crippen LogP) is 2.57. The maximum absolute atomic E-state index is 12.2. The monoisotopic (exact) mass is 355 g/mol. The van der Waals surface area contributed by atoms with Gasteiger partial charge in [0.1, 0.15) is 0 Å². The molecular formula is C14H18BrN3O3. The number of halogens is 1. The van der Waals surface area contributed by atoms with Gasteiger partial charge in [-0.3, -0.25) is 19.8 Å². The summed E-state index contributed by atoms with van der Waals surface area (Å²) in [5.41, 5.74) is 0.203. The van der Waals surface area contributed by atoms with Gasteiger partial charge in [0.2, 0.25) is 0 Å². The average molecular weight is 356 g/mol. The first-order chi connectivity index (χ1) is 9.99. The molecule has 7 heteroatoms. The van der Waals surface area contributed by atoms with Gasteiger partial charge in [-0.1, -0.05) is 0 Å². The summed E-state index contributed by atoms with van der Waals surface area (Å²) in [6.07, 6.45) is 2.41. The van der Waals surface area contributed by atoms with Gasteiger partial charge in [0.05, 0.1) is 10.5 Å². The Kier molecular flexibility index (Phi) is 5.30. The topological polar surface area (TPSA) is 75.5 Å². The molecule has 114 valence electrons. The van der Waals surface area contributed by atoms with Crippen molar-refractivity contribution in [1.29, 1.82) is 0 Å². The molecule has 0 saturated carbocycles. The Balaban J connectivity index is 1.99. The SMILES string of the molecule is CC(CNC(=O)c1cc([N+](=O)[O-])ccc1Br)N1CCCC1. The van der Waals surface area contributed by atoms with Crippen molar-refractivity contribution >= 4 is 27.5 Å². The molecule has 0 aliphatic carbocycles. The molecule has 1 atom stereocenters. The van der Waals surface area contributed by atoms with E-state index in [-0.39, 0.29) is 23.2 Å². The lowest BCUT2D eigenvalue weighted by Gasteiger charge is -2.23. The fourth-order valence-electron chi connectivity index (χ4n) is 2.45. The number of hydrogen-bond donors (Lipinski definition) is 1. The number of nitrogens with one attached hydrogen (secondary N) is 1. The summed E-state index contributed by atoms with van der Waals surface area (Å²) in [6, 6.07) is 4.46. The molecule has 2 rings (SSSR count). The predicted molar refractivity (Wildman–Crippen MR) is 83.4 cm³/mol. The third-order valence-corrected chi connectivity index (χ3v) is 4.42. The second-order valence-electron chi connectivity index (χ2n) is 5.22. The number of hydrogen-bond acceptors (Lipinski definition) is 4. The van der Waals surface area contributed by atoms with Crippen molar-refractivity contribution < 1.29 is 9.72 Å². The molecule has 1 aliphatic heterocycles. The highest BCUT2D eigenvalue weighted by Gasteiger charge is 2.20. The third-order valence-electron chi connectivity index (χ3n) is 3.73. The van der Waals surface area contributed by atoms with Gasteiger partial charge in [0.15, 0.2) is 0 Å². The molecule has 1 aliphatic rings. The van der Waals surface area contributed by atoms with E-state index in [1.54, 1.807) is 0 Å². The van der Waals surface area contributed by atoms with Crippen LogP contribution in [-0.2, 0) is 0 Å². The third kappa shape index (κ3) is 4.01. The first kappa shape index (κ1) is 15.9. The van der Waals surface area contributed by atoms with Crippen molar-refractivity contribution in [3.63, 3.8) is 0 Å². The van der Waals surface area contributed by atoms with E-state index in [2.05, 4.69) is 33.1 Å². The van der Waals surface area contributed by atoms with Crippen LogP contribution in [0.25, 0.3) is 0 Å². The minimum Gasteiger partial charge on any atom is -0.350 e. The lowest BCUT2D eigenvalue weighted by Crippen LogP contribution is -2.40. The Morgan fingerprint density at radius 1 is 1.48 bits per heavy atom. The Bertz CT molecular complexity index is 544. The lowest BCUT2D eigenvalue weighted by molar-refractivity contribution is -0.384. The second kappa shape index (κ2) is 7.00. The molecule has 0 radical (unpaired) electrons. The summed E-state index contributed by atoms with van der Waals surface area (Å²) in [4.78, 5) is 24.8. The Hall–Kier alpha value is -1.47. The van der Waals surface area contributed by atoms with E-state index >= 15 is 0 Å². The van der Waals surface area contributed by atoms with E-state index in [9.17, 15) is 14.9 Å². The standard InChI is InChI=1S/C14H18BrN3O3/c1-10(17-6-2-3-7-17)9-16-14(19)12-8-11(18(20)21)4-5-13(12)15/h4-5,8,10H,2-3,6-7,9H2,1H3,(H,16,19).